The number of anilines is 1. The molecule has 3 heterocycles. The van der Waals surface area contributed by atoms with Gasteiger partial charge in [-0.3, -0.25) is 18.7 Å². The molecule has 0 bridgehead atoms. The molecule has 0 spiro atoms. The van der Waals surface area contributed by atoms with E-state index in [-0.39, 0.29) is 41.0 Å². The van der Waals surface area contributed by atoms with Gasteiger partial charge in [0.1, 0.15) is 24.3 Å². The van der Waals surface area contributed by atoms with Gasteiger partial charge >= 0.3 is 11.9 Å². The quantitative estimate of drug-likeness (QED) is 0.0611. The van der Waals surface area contributed by atoms with Crippen molar-refractivity contribution >= 4 is 36.1 Å². The van der Waals surface area contributed by atoms with Crippen LogP contribution in [0.25, 0.3) is 22.9 Å². The van der Waals surface area contributed by atoms with Gasteiger partial charge in [-0.05, 0) is 48.0 Å². The first kappa shape index (κ1) is 39.9. The Balaban J connectivity index is 0.000000394. The largest absolute Gasteiger partial charge is 0.487 e. The van der Waals surface area contributed by atoms with Crippen molar-refractivity contribution in [2.45, 2.75) is 6.42 Å². The van der Waals surface area contributed by atoms with Gasteiger partial charge < -0.3 is 37.5 Å². The number of nitrogens with one attached hydrogen (secondary N) is 1. The van der Waals surface area contributed by atoms with Gasteiger partial charge in [0.15, 0.2) is 29.5 Å². The Labute approximate surface area is 297 Å². The molecule has 0 aliphatic rings. The van der Waals surface area contributed by atoms with E-state index in [2.05, 4.69) is 31.2 Å². The predicted molar refractivity (Wildman–Crippen MR) is 183 cm³/mol. The third-order valence-electron chi connectivity index (χ3n) is 6.77. The average Bonchev–Trinajstić information content (AvgIpc) is 3.89. The minimum atomic E-state index is -1.60. The van der Waals surface area contributed by atoms with Gasteiger partial charge in [0, 0.05) is 43.9 Å². The van der Waals surface area contributed by atoms with E-state index in [0.29, 0.717) is 24.0 Å². The van der Waals surface area contributed by atoms with Crippen LogP contribution in [0.2, 0.25) is 0 Å². The molecule has 17 nitrogen and oxygen atoms in total. The van der Waals surface area contributed by atoms with Crippen molar-refractivity contribution in [3.63, 3.8) is 0 Å². The standard InChI is InChI=1S/C24H18F3N5O5.C8H10N4O.CH3NO/c1-28-18-8-12(15(25)9-13(18)23(33)34)4-7-37-22-16(26)10-14(24(35)36)20(21(22)27)17-2-3-19(31-30-17)32-6-5-29-11-32;9-7(5-13)1-2-8(10)12-4-3-11-6-12;2-1-3/h2-3,5-6,8-11,28H,4,7H2,1H3,(H,33,34)(H,35,36);1-6H,9-10H2;1H,(H2,2,3)/b;7-1-,8-2+;. The number of carbonyl (C=O) groups excluding carboxylic acids is 2. The Morgan fingerprint density at radius 2 is 1.58 bits per heavy atom. The molecule has 0 aliphatic heterocycles. The molecule has 0 aliphatic carbocycles. The van der Waals surface area contributed by atoms with E-state index in [9.17, 15) is 33.4 Å². The fourth-order valence-electron chi connectivity index (χ4n) is 4.32. The highest BCUT2D eigenvalue weighted by molar-refractivity contribution is 5.96. The molecule has 0 unspecified atom stereocenters. The molecule has 0 radical (unpaired) electrons. The number of hydrogen-bond acceptors (Lipinski definition) is 12. The summed E-state index contributed by atoms with van der Waals surface area (Å²) in [5, 5.41) is 29.1. The molecule has 3 aromatic heterocycles. The Kier molecular flexibility index (Phi) is 14.3. The maximum absolute atomic E-state index is 15.4. The summed E-state index contributed by atoms with van der Waals surface area (Å²) in [6.45, 7) is -0.405. The summed E-state index contributed by atoms with van der Waals surface area (Å²) in [5.41, 5.74) is 13.6. The number of carbonyl (C=O) groups is 4. The Hall–Kier alpha value is -7.51. The number of rotatable bonds is 12. The number of carboxylic acids is 2. The smallest absolute Gasteiger partial charge is 0.337 e. The van der Waals surface area contributed by atoms with Crippen molar-refractivity contribution in [1.29, 1.82) is 0 Å². The van der Waals surface area contributed by atoms with Crippen molar-refractivity contribution in [2.24, 2.45) is 17.2 Å². The number of carboxylic acid groups (broad SMARTS) is 2. The van der Waals surface area contributed by atoms with Gasteiger partial charge in [0.25, 0.3) is 0 Å². The monoisotopic (exact) mass is 736 g/mol. The molecule has 9 N–H and O–H groups in total. The van der Waals surface area contributed by atoms with Crippen molar-refractivity contribution in [3.8, 4) is 22.8 Å². The van der Waals surface area contributed by atoms with E-state index in [1.54, 1.807) is 29.5 Å². The molecular weight excluding hydrogens is 705 g/mol. The lowest BCUT2D eigenvalue weighted by Gasteiger charge is -2.14. The summed E-state index contributed by atoms with van der Waals surface area (Å²) in [6, 6.07) is 5.44. The number of allylic oxidation sites excluding steroid dienone is 3. The number of amides is 1. The molecule has 0 atom stereocenters. The Morgan fingerprint density at radius 1 is 0.925 bits per heavy atom. The lowest BCUT2D eigenvalue weighted by atomic mass is 10.0. The maximum Gasteiger partial charge on any atom is 0.337 e. The van der Waals surface area contributed by atoms with E-state index in [0.717, 1.165) is 6.07 Å². The molecular formula is C33H31F3N10O7. The molecule has 5 aromatic rings. The van der Waals surface area contributed by atoms with Crippen molar-refractivity contribution in [3.05, 3.63) is 120 Å². The highest BCUT2D eigenvalue weighted by Crippen LogP contribution is 2.34. The number of nitrogens with two attached hydrogens (primary N) is 3. The van der Waals surface area contributed by atoms with E-state index in [1.807, 2.05) is 0 Å². The number of benzene rings is 2. The second-order valence-corrected chi connectivity index (χ2v) is 10.1. The van der Waals surface area contributed by atoms with Crippen LogP contribution in [0.1, 0.15) is 26.3 Å². The van der Waals surface area contributed by atoms with Crippen molar-refractivity contribution < 1.29 is 47.3 Å². The summed E-state index contributed by atoms with van der Waals surface area (Å²) in [7, 11) is 1.46. The normalized spacial score (nSPS) is 10.9. The zero-order chi connectivity index (χ0) is 39.1. The minimum absolute atomic E-state index is 0.0403. The van der Waals surface area contributed by atoms with E-state index >= 15 is 4.39 Å². The van der Waals surface area contributed by atoms with E-state index in [4.69, 9.17) is 21.0 Å². The highest BCUT2D eigenvalue weighted by Gasteiger charge is 2.26. The zero-order valence-corrected chi connectivity index (χ0v) is 27.6. The van der Waals surface area contributed by atoms with Crippen LogP contribution < -0.4 is 27.3 Å². The second kappa shape index (κ2) is 19.0. The van der Waals surface area contributed by atoms with E-state index < -0.39 is 52.9 Å². The average molecular weight is 737 g/mol. The van der Waals surface area contributed by atoms with E-state index in [1.165, 1.54) is 54.5 Å². The number of ether oxygens (including phenoxy) is 1. The van der Waals surface area contributed by atoms with Gasteiger partial charge in [0.2, 0.25) is 6.41 Å². The van der Waals surface area contributed by atoms with Gasteiger partial charge in [-0.2, -0.15) is 0 Å². The maximum atomic E-state index is 15.4. The first-order valence-electron chi connectivity index (χ1n) is 14.8. The summed E-state index contributed by atoms with van der Waals surface area (Å²) < 4.78 is 52.8. The third-order valence-corrected chi connectivity index (χ3v) is 6.77. The molecule has 0 fully saturated rings. The summed E-state index contributed by atoms with van der Waals surface area (Å²) >= 11 is 0. The number of primary amides is 1. The van der Waals surface area contributed by atoms with Crippen LogP contribution in [0.4, 0.5) is 18.9 Å². The summed E-state index contributed by atoms with van der Waals surface area (Å²) in [6.07, 6.45) is 13.0. The fraction of sp³-hybridized carbons (Fsp3) is 0.0909. The number of aromatic carboxylic acids is 2. The van der Waals surface area contributed by atoms with Gasteiger partial charge in [-0.15, -0.1) is 10.2 Å². The molecule has 20 heteroatoms. The van der Waals surface area contributed by atoms with Crippen LogP contribution in [0.15, 0.2) is 85.6 Å². The van der Waals surface area contributed by atoms with Crippen molar-refractivity contribution in [1.82, 2.24) is 29.3 Å². The number of imidazole rings is 2. The predicted octanol–water partition coefficient (Wildman–Crippen LogP) is 2.59. The van der Waals surface area contributed by atoms with Gasteiger partial charge in [-0.25, -0.2) is 32.7 Å². The number of aromatic nitrogens is 6. The summed E-state index contributed by atoms with van der Waals surface area (Å²) in [4.78, 5) is 49.4. The molecule has 276 valence electrons. The second-order valence-electron chi connectivity index (χ2n) is 10.1. The number of nitrogens with zero attached hydrogens (tertiary/aromatic N) is 6. The fourth-order valence-corrected chi connectivity index (χ4v) is 4.32. The molecule has 0 saturated carbocycles. The first-order valence-corrected chi connectivity index (χ1v) is 14.8. The molecule has 1 amide bonds. The topological polar surface area (TPSA) is 269 Å². The number of hydrogen-bond donors (Lipinski definition) is 6. The Bertz CT molecular complexity index is 2110. The minimum Gasteiger partial charge on any atom is -0.487 e. The zero-order valence-electron chi connectivity index (χ0n) is 27.6. The molecule has 2 aromatic carbocycles. The number of halogens is 3. The van der Waals surface area contributed by atoms with Crippen LogP contribution in [0.5, 0.6) is 5.75 Å². The Morgan fingerprint density at radius 3 is 2.13 bits per heavy atom. The molecule has 53 heavy (non-hydrogen) atoms. The van der Waals surface area contributed by atoms with Gasteiger partial charge in [0.05, 0.1) is 34.7 Å². The van der Waals surface area contributed by atoms with Crippen molar-refractivity contribution in [2.75, 3.05) is 19.0 Å². The molecule has 0 saturated heterocycles. The third kappa shape index (κ3) is 10.5. The SMILES string of the molecule is CNc1cc(CCOc2c(F)cc(C(=O)O)c(-c3ccc(-n4ccnc4)nn3)c2F)c(F)cc1C(=O)O.N/C(C=O)=C\C=C(/N)n1ccnc1.NC=O. The van der Waals surface area contributed by atoms with Crippen LogP contribution >= 0.6 is 0 Å². The van der Waals surface area contributed by atoms with Gasteiger partial charge in [-0.1, -0.05) is 0 Å². The first-order chi connectivity index (χ1) is 25.4. The van der Waals surface area contributed by atoms with Crippen LogP contribution in [0.3, 0.4) is 0 Å². The van der Waals surface area contributed by atoms with Crippen LogP contribution in [0, 0.1) is 17.5 Å². The lowest BCUT2D eigenvalue weighted by molar-refractivity contribution is -0.107. The highest BCUT2D eigenvalue weighted by atomic mass is 19.1. The summed E-state index contributed by atoms with van der Waals surface area (Å²) in [5.74, 6) is -6.47. The molecule has 5 rings (SSSR count). The van der Waals surface area contributed by atoms with Crippen LogP contribution in [-0.4, -0.2) is 77.8 Å². The van der Waals surface area contributed by atoms with Crippen LogP contribution in [-0.2, 0) is 16.0 Å². The lowest BCUT2D eigenvalue weighted by Crippen LogP contribution is -2.11. The number of aldehydes is 1.